The van der Waals surface area contributed by atoms with Crippen LogP contribution in [0.1, 0.15) is 10.4 Å². The van der Waals surface area contributed by atoms with Gasteiger partial charge in [0, 0.05) is 0 Å². The van der Waals surface area contributed by atoms with E-state index in [1.54, 1.807) is 6.07 Å². The van der Waals surface area contributed by atoms with Gasteiger partial charge in [-0.3, -0.25) is 4.79 Å². The van der Waals surface area contributed by atoms with Crippen molar-refractivity contribution in [3.63, 3.8) is 0 Å². The van der Waals surface area contributed by atoms with Gasteiger partial charge in [-0.1, -0.05) is 28.1 Å². The molecule has 1 atom stereocenters. The van der Waals surface area contributed by atoms with E-state index in [9.17, 15) is 9.18 Å². The van der Waals surface area contributed by atoms with Crippen molar-refractivity contribution >= 4 is 33.3 Å². The maximum absolute atomic E-state index is 12.9. The molecule has 0 aromatic heterocycles. The fourth-order valence-electron chi connectivity index (χ4n) is 0.779. The standard InChI is InChI=1S/C8H5BrClFO/c9-8(10)7(12)5-3-1-2-4-6(5)11/h1-4,8H. The summed E-state index contributed by atoms with van der Waals surface area (Å²) in [6.07, 6.45) is 0. The molecule has 1 aromatic carbocycles. The van der Waals surface area contributed by atoms with Crippen LogP contribution in [0.4, 0.5) is 4.39 Å². The molecule has 0 heterocycles. The highest BCUT2D eigenvalue weighted by molar-refractivity contribution is 9.10. The first-order valence-corrected chi connectivity index (χ1v) is 4.55. The monoisotopic (exact) mass is 250 g/mol. The lowest BCUT2D eigenvalue weighted by Gasteiger charge is -2.01. The van der Waals surface area contributed by atoms with Crippen LogP contribution in [-0.2, 0) is 0 Å². The fourth-order valence-corrected chi connectivity index (χ4v) is 1.14. The minimum atomic E-state index is -0.866. The molecular formula is C8H5BrClFO. The van der Waals surface area contributed by atoms with Gasteiger partial charge in [-0.25, -0.2) is 4.39 Å². The van der Waals surface area contributed by atoms with Gasteiger partial charge in [-0.15, -0.1) is 11.6 Å². The molecule has 1 nitrogen and oxygen atoms in total. The third-order valence-electron chi connectivity index (χ3n) is 1.34. The van der Waals surface area contributed by atoms with Crippen molar-refractivity contribution in [1.82, 2.24) is 0 Å². The summed E-state index contributed by atoms with van der Waals surface area (Å²) in [5.74, 6) is -1.01. The number of benzene rings is 1. The molecule has 1 rings (SSSR count). The first kappa shape index (κ1) is 9.68. The zero-order valence-electron chi connectivity index (χ0n) is 5.93. The van der Waals surface area contributed by atoms with E-state index in [-0.39, 0.29) is 5.56 Å². The Kier molecular flexibility index (Phi) is 3.23. The second-order valence-electron chi connectivity index (χ2n) is 2.14. The quantitative estimate of drug-likeness (QED) is 0.583. The second-order valence-corrected chi connectivity index (χ2v) is 4.02. The molecule has 0 aliphatic heterocycles. The predicted octanol–water partition coefficient (Wildman–Crippen LogP) is 2.97. The van der Waals surface area contributed by atoms with Crippen molar-refractivity contribution in [2.75, 3.05) is 0 Å². The van der Waals surface area contributed by atoms with Gasteiger partial charge < -0.3 is 0 Å². The van der Waals surface area contributed by atoms with Gasteiger partial charge in [0.05, 0.1) is 5.56 Å². The van der Waals surface area contributed by atoms with Crippen LogP contribution in [0.15, 0.2) is 24.3 Å². The van der Waals surface area contributed by atoms with Crippen LogP contribution in [0.5, 0.6) is 0 Å². The molecule has 0 saturated heterocycles. The Morgan fingerprint density at radius 2 is 2.08 bits per heavy atom. The van der Waals surface area contributed by atoms with Crippen LogP contribution in [0.2, 0.25) is 0 Å². The summed E-state index contributed by atoms with van der Waals surface area (Å²) < 4.78 is 12.0. The van der Waals surface area contributed by atoms with Crippen LogP contribution in [-0.4, -0.2) is 10.1 Å². The van der Waals surface area contributed by atoms with Crippen molar-refractivity contribution in [2.45, 2.75) is 4.29 Å². The van der Waals surface area contributed by atoms with Crippen LogP contribution < -0.4 is 0 Å². The zero-order valence-corrected chi connectivity index (χ0v) is 8.27. The van der Waals surface area contributed by atoms with Crippen LogP contribution in [0, 0.1) is 5.82 Å². The highest BCUT2D eigenvalue weighted by Crippen LogP contribution is 2.15. The highest BCUT2D eigenvalue weighted by atomic mass is 79.9. The Labute approximate surface area is 82.7 Å². The van der Waals surface area contributed by atoms with E-state index in [4.69, 9.17) is 11.6 Å². The van der Waals surface area contributed by atoms with E-state index < -0.39 is 15.9 Å². The van der Waals surface area contributed by atoms with E-state index in [1.807, 2.05) is 0 Å². The molecule has 0 saturated carbocycles. The molecule has 0 amide bonds. The fraction of sp³-hybridized carbons (Fsp3) is 0.125. The summed E-state index contributed by atoms with van der Waals surface area (Å²) in [6, 6.07) is 5.72. The Bertz CT molecular complexity index is 301. The van der Waals surface area contributed by atoms with E-state index >= 15 is 0 Å². The minimum absolute atomic E-state index is 0.00868. The van der Waals surface area contributed by atoms with Crippen LogP contribution >= 0.6 is 27.5 Å². The summed E-state index contributed by atoms with van der Waals surface area (Å²) in [5.41, 5.74) is 0.00868. The summed E-state index contributed by atoms with van der Waals surface area (Å²) in [5, 5.41) is 0. The Morgan fingerprint density at radius 3 is 2.58 bits per heavy atom. The number of rotatable bonds is 2. The molecule has 0 N–H and O–H groups in total. The lowest BCUT2D eigenvalue weighted by atomic mass is 10.1. The van der Waals surface area contributed by atoms with Crippen molar-refractivity contribution in [1.29, 1.82) is 0 Å². The molecule has 1 aromatic rings. The number of carbonyl (C=O) groups excluding carboxylic acids is 1. The van der Waals surface area contributed by atoms with Gasteiger partial charge in [0.15, 0.2) is 10.1 Å². The van der Waals surface area contributed by atoms with Crippen molar-refractivity contribution < 1.29 is 9.18 Å². The van der Waals surface area contributed by atoms with E-state index in [1.165, 1.54) is 18.2 Å². The molecule has 1 unspecified atom stereocenters. The third kappa shape index (κ3) is 2.05. The van der Waals surface area contributed by atoms with Gasteiger partial charge in [0.2, 0.25) is 0 Å². The number of carbonyl (C=O) groups is 1. The van der Waals surface area contributed by atoms with Crippen LogP contribution in [0.25, 0.3) is 0 Å². The van der Waals surface area contributed by atoms with Crippen molar-refractivity contribution in [3.05, 3.63) is 35.6 Å². The summed E-state index contributed by atoms with van der Waals surface area (Å²) in [6.45, 7) is 0. The first-order valence-electron chi connectivity index (χ1n) is 3.20. The Hall–Kier alpha value is -0.410. The normalized spacial score (nSPS) is 12.6. The lowest BCUT2D eigenvalue weighted by Crippen LogP contribution is -2.09. The van der Waals surface area contributed by atoms with Gasteiger partial charge >= 0.3 is 0 Å². The molecule has 0 aliphatic rings. The topological polar surface area (TPSA) is 17.1 Å². The minimum Gasteiger partial charge on any atom is -0.291 e. The van der Waals surface area contributed by atoms with E-state index in [2.05, 4.69) is 15.9 Å². The third-order valence-corrected chi connectivity index (χ3v) is 1.95. The summed E-state index contributed by atoms with van der Waals surface area (Å²) >= 11 is 8.30. The average Bonchev–Trinajstić information content (AvgIpc) is 2.04. The number of hydrogen-bond acceptors (Lipinski definition) is 1. The second kappa shape index (κ2) is 4.01. The average molecular weight is 251 g/mol. The van der Waals surface area contributed by atoms with Gasteiger partial charge in [-0.05, 0) is 12.1 Å². The number of alkyl halides is 2. The number of ketones is 1. The molecule has 12 heavy (non-hydrogen) atoms. The Morgan fingerprint density at radius 1 is 1.50 bits per heavy atom. The molecular weight excluding hydrogens is 246 g/mol. The largest absolute Gasteiger partial charge is 0.291 e. The van der Waals surface area contributed by atoms with Crippen LogP contribution in [0.3, 0.4) is 0 Å². The SMILES string of the molecule is O=C(c1ccccc1F)C(Cl)Br. The smallest absolute Gasteiger partial charge is 0.194 e. The van der Waals surface area contributed by atoms with Gasteiger partial charge in [-0.2, -0.15) is 0 Å². The molecule has 0 spiro atoms. The van der Waals surface area contributed by atoms with Crippen molar-refractivity contribution in [2.24, 2.45) is 0 Å². The lowest BCUT2D eigenvalue weighted by molar-refractivity contribution is 0.101. The highest BCUT2D eigenvalue weighted by Gasteiger charge is 2.16. The first-order chi connectivity index (χ1) is 5.63. The van der Waals surface area contributed by atoms with Crippen molar-refractivity contribution in [3.8, 4) is 0 Å². The molecule has 0 fully saturated rings. The number of Topliss-reactive ketones (excluding diaryl/α,β-unsaturated/α-hetero) is 1. The van der Waals surface area contributed by atoms with E-state index in [0.717, 1.165) is 0 Å². The maximum Gasteiger partial charge on any atom is 0.194 e. The molecule has 0 bridgehead atoms. The van der Waals surface area contributed by atoms with Gasteiger partial charge in [0.25, 0.3) is 0 Å². The molecule has 4 heteroatoms. The summed E-state index contributed by atoms with van der Waals surface area (Å²) in [4.78, 5) is 11.1. The molecule has 64 valence electrons. The Balaban J connectivity index is 3.03. The van der Waals surface area contributed by atoms with E-state index in [0.29, 0.717) is 0 Å². The van der Waals surface area contributed by atoms with Gasteiger partial charge in [0.1, 0.15) is 5.82 Å². The maximum atomic E-state index is 12.9. The number of halogens is 3. The zero-order chi connectivity index (χ0) is 9.14. The molecule has 0 aliphatic carbocycles. The molecule has 0 radical (unpaired) electrons. The summed E-state index contributed by atoms with van der Waals surface area (Å²) in [7, 11) is 0. The number of hydrogen-bond donors (Lipinski definition) is 0. The predicted molar refractivity (Wildman–Crippen MR) is 49.3 cm³/mol.